The Morgan fingerprint density at radius 1 is 1.10 bits per heavy atom. The number of amides is 1. The van der Waals surface area contributed by atoms with E-state index in [1.807, 2.05) is 54.4 Å². The monoisotopic (exact) mass is 406 g/mol. The van der Waals surface area contributed by atoms with E-state index in [2.05, 4.69) is 33.8 Å². The van der Waals surface area contributed by atoms with E-state index in [0.29, 0.717) is 6.54 Å². The van der Waals surface area contributed by atoms with Crippen LogP contribution >= 0.6 is 11.8 Å². The molecule has 4 rings (SSSR count). The van der Waals surface area contributed by atoms with Gasteiger partial charge in [0.05, 0.1) is 0 Å². The molecule has 2 aromatic carbocycles. The minimum atomic E-state index is 0.0967. The van der Waals surface area contributed by atoms with Crippen LogP contribution in [0.4, 0.5) is 0 Å². The molecule has 150 valence electrons. The van der Waals surface area contributed by atoms with Gasteiger partial charge in [-0.3, -0.25) is 4.79 Å². The SMILES string of the molecule is CCSc1nnc(C2CCCN(C(=O)c3ccccc3-c3ccccc3)C2)n1C. The van der Waals surface area contributed by atoms with Crippen molar-refractivity contribution >= 4 is 17.7 Å². The fourth-order valence-electron chi connectivity index (χ4n) is 4.02. The van der Waals surface area contributed by atoms with Crippen molar-refractivity contribution in [3.63, 3.8) is 0 Å². The molecule has 0 bridgehead atoms. The number of rotatable bonds is 5. The number of carbonyl (C=O) groups is 1. The van der Waals surface area contributed by atoms with E-state index in [1.165, 1.54) is 0 Å². The van der Waals surface area contributed by atoms with Gasteiger partial charge in [-0.05, 0) is 35.8 Å². The highest BCUT2D eigenvalue weighted by Crippen LogP contribution is 2.30. The van der Waals surface area contributed by atoms with Crippen LogP contribution in [0.25, 0.3) is 11.1 Å². The first kappa shape index (κ1) is 19.7. The van der Waals surface area contributed by atoms with Gasteiger partial charge in [0.25, 0.3) is 5.91 Å². The van der Waals surface area contributed by atoms with Crippen LogP contribution in [0, 0.1) is 0 Å². The number of hydrogen-bond acceptors (Lipinski definition) is 4. The quantitative estimate of drug-likeness (QED) is 0.581. The normalized spacial score (nSPS) is 16.8. The van der Waals surface area contributed by atoms with Gasteiger partial charge in [0, 0.05) is 31.6 Å². The van der Waals surface area contributed by atoms with Crippen LogP contribution in [0.15, 0.2) is 59.8 Å². The lowest BCUT2D eigenvalue weighted by Gasteiger charge is -2.32. The Morgan fingerprint density at radius 2 is 1.86 bits per heavy atom. The van der Waals surface area contributed by atoms with Crippen LogP contribution in [-0.2, 0) is 7.05 Å². The highest BCUT2D eigenvalue weighted by molar-refractivity contribution is 7.99. The maximum atomic E-state index is 13.4. The molecule has 1 saturated heterocycles. The maximum absolute atomic E-state index is 13.4. The number of hydrogen-bond donors (Lipinski definition) is 0. The van der Waals surface area contributed by atoms with Crippen molar-refractivity contribution in [2.45, 2.75) is 30.8 Å². The van der Waals surface area contributed by atoms with Gasteiger partial charge >= 0.3 is 0 Å². The van der Waals surface area contributed by atoms with Gasteiger partial charge in [-0.2, -0.15) is 0 Å². The molecule has 1 unspecified atom stereocenters. The Labute approximate surface area is 176 Å². The summed E-state index contributed by atoms with van der Waals surface area (Å²) in [5.74, 6) is 2.27. The standard InChI is InChI=1S/C23H26N4OS/c1-3-29-23-25-24-21(26(23)2)18-12-9-15-27(16-18)22(28)20-14-8-7-13-19(20)17-10-5-4-6-11-17/h4-8,10-11,13-14,18H,3,9,12,15-16H2,1-2H3. The minimum absolute atomic E-state index is 0.0967. The molecule has 1 aromatic heterocycles. The molecular formula is C23H26N4OS. The molecule has 5 nitrogen and oxygen atoms in total. The predicted octanol–water partition coefficient (Wildman–Crippen LogP) is 4.61. The van der Waals surface area contributed by atoms with Gasteiger partial charge in [-0.1, -0.05) is 67.2 Å². The number of likely N-dealkylation sites (tertiary alicyclic amines) is 1. The number of aromatic nitrogens is 3. The Balaban J connectivity index is 1.58. The second-order valence-corrected chi connectivity index (χ2v) is 8.57. The van der Waals surface area contributed by atoms with Crippen LogP contribution in [0.5, 0.6) is 0 Å². The third kappa shape index (κ3) is 4.08. The van der Waals surface area contributed by atoms with E-state index in [-0.39, 0.29) is 11.8 Å². The third-order valence-electron chi connectivity index (χ3n) is 5.46. The number of benzene rings is 2. The fourth-order valence-corrected chi connectivity index (χ4v) is 4.66. The molecule has 3 aromatic rings. The molecule has 1 amide bonds. The van der Waals surface area contributed by atoms with Crippen molar-refractivity contribution in [2.24, 2.45) is 7.05 Å². The molecular weight excluding hydrogens is 380 g/mol. The Bertz CT molecular complexity index is 986. The van der Waals surface area contributed by atoms with Gasteiger partial charge in [0.15, 0.2) is 5.16 Å². The van der Waals surface area contributed by atoms with E-state index >= 15 is 0 Å². The lowest BCUT2D eigenvalue weighted by atomic mass is 9.94. The summed E-state index contributed by atoms with van der Waals surface area (Å²) in [7, 11) is 2.03. The first-order valence-corrected chi connectivity index (χ1v) is 11.1. The number of carbonyl (C=O) groups excluding carboxylic acids is 1. The van der Waals surface area contributed by atoms with Crippen molar-refractivity contribution in [1.82, 2.24) is 19.7 Å². The molecule has 2 heterocycles. The molecule has 0 N–H and O–H groups in total. The van der Waals surface area contributed by atoms with E-state index in [1.54, 1.807) is 11.8 Å². The van der Waals surface area contributed by atoms with E-state index in [4.69, 9.17) is 0 Å². The van der Waals surface area contributed by atoms with Gasteiger partial charge in [-0.25, -0.2) is 0 Å². The molecule has 0 spiro atoms. The van der Waals surface area contributed by atoms with Gasteiger partial charge in [-0.15, -0.1) is 10.2 Å². The Morgan fingerprint density at radius 3 is 2.66 bits per heavy atom. The van der Waals surface area contributed by atoms with E-state index < -0.39 is 0 Å². The zero-order valence-corrected chi connectivity index (χ0v) is 17.7. The molecule has 1 fully saturated rings. The smallest absolute Gasteiger partial charge is 0.254 e. The Kier molecular flexibility index (Phi) is 6.00. The van der Waals surface area contributed by atoms with Gasteiger partial charge in [0.2, 0.25) is 0 Å². The molecule has 0 aliphatic carbocycles. The molecule has 29 heavy (non-hydrogen) atoms. The summed E-state index contributed by atoms with van der Waals surface area (Å²) in [5.41, 5.74) is 2.82. The van der Waals surface area contributed by atoms with Crippen molar-refractivity contribution < 1.29 is 4.79 Å². The highest BCUT2D eigenvalue weighted by Gasteiger charge is 2.29. The second-order valence-electron chi connectivity index (χ2n) is 7.33. The first-order valence-electron chi connectivity index (χ1n) is 10.1. The van der Waals surface area contributed by atoms with E-state index in [0.717, 1.165) is 52.8 Å². The number of thioether (sulfide) groups is 1. The van der Waals surface area contributed by atoms with Crippen LogP contribution < -0.4 is 0 Å². The average molecular weight is 407 g/mol. The number of nitrogens with zero attached hydrogens (tertiary/aromatic N) is 4. The van der Waals surface area contributed by atoms with Crippen molar-refractivity contribution in [1.29, 1.82) is 0 Å². The summed E-state index contributed by atoms with van der Waals surface area (Å²) in [5, 5.41) is 9.72. The maximum Gasteiger partial charge on any atom is 0.254 e. The zero-order chi connectivity index (χ0) is 20.2. The third-order valence-corrected chi connectivity index (χ3v) is 6.36. The Hall–Kier alpha value is -2.60. The van der Waals surface area contributed by atoms with Crippen molar-refractivity contribution in [2.75, 3.05) is 18.8 Å². The van der Waals surface area contributed by atoms with Crippen LogP contribution in [0.3, 0.4) is 0 Å². The van der Waals surface area contributed by atoms with Crippen molar-refractivity contribution in [3.8, 4) is 11.1 Å². The topological polar surface area (TPSA) is 51.0 Å². The highest BCUT2D eigenvalue weighted by atomic mass is 32.2. The zero-order valence-electron chi connectivity index (χ0n) is 16.9. The predicted molar refractivity (Wildman–Crippen MR) is 117 cm³/mol. The van der Waals surface area contributed by atoms with Gasteiger partial charge < -0.3 is 9.47 Å². The largest absolute Gasteiger partial charge is 0.338 e. The van der Waals surface area contributed by atoms with Crippen LogP contribution in [0.1, 0.15) is 41.9 Å². The molecule has 1 atom stereocenters. The summed E-state index contributed by atoms with van der Waals surface area (Å²) in [6.07, 6.45) is 2.01. The fraction of sp³-hybridized carbons (Fsp3) is 0.348. The van der Waals surface area contributed by atoms with Gasteiger partial charge in [0.1, 0.15) is 5.82 Å². The lowest BCUT2D eigenvalue weighted by Crippen LogP contribution is -2.40. The van der Waals surface area contributed by atoms with Crippen LogP contribution in [0.2, 0.25) is 0 Å². The lowest BCUT2D eigenvalue weighted by molar-refractivity contribution is 0.0704. The summed E-state index contributed by atoms with van der Waals surface area (Å²) in [6.45, 7) is 3.59. The first-order chi connectivity index (χ1) is 14.2. The molecule has 6 heteroatoms. The minimum Gasteiger partial charge on any atom is -0.338 e. The summed E-state index contributed by atoms with van der Waals surface area (Å²) < 4.78 is 2.09. The van der Waals surface area contributed by atoms with Crippen molar-refractivity contribution in [3.05, 3.63) is 66.0 Å². The summed E-state index contributed by atoms with van der Waals surface area (Å²) >= 11 is 1.70. The van der Waals surface area contributed by atoms with Crippen LogP contribution in [-0.4, -0.2) is 44.4 Å². The summed E-state index contributed by atoms with van der Waals surface area (Å²) in [4.78, 5) is 15.4. The molecule has 1 aliphatic heterocycles. The molecule has 0 radical (unpaired) electrons. The summed E-state index contributed by atoms with van der Waals surface area (Å²) in [6, 6.07) is 18.0. The van der Waals surface area contributed by atoms with E-state index in [9.17, 15) is 4.79 Å². The number of piperidine rings is 1. The second kappa shape index (κ2) is 8.82. The molecule has 0 saturated carbocycles. The average Bonchev–Trinajstić information content (AvgIpc) is 3.14. The molecule has 1 aliphatic rings.